The molecule has 2 aromatic rings. The molecule has 2 aromatic carbocycles. The molecule has 0 unspecified atom stereocenters. The number of nitrogens with zero attached hydrogens (tertiary/aromatic N) is 1. The molecule has 1 N–H and O–H groups in total. The molecule has 138 valence electrons. The highest BCUT2D eigenvalue weighted by Gasteiger charge is 2.42. The molecule has 6 heteroatoms. The summed E-state index contributed by atoms with van der Waals surface area (Å²) in [5.74, 6) is 0.684. The lowest BCUT2D eigenvalue weighted by Gasteiger charge is -2.38. The number of halogens is 3. The molecule has 1 aliphatic carbocycles. The van der Waals surface area contributed by atoms with Crippen LogP contribution in [-0.4, -0.2) is 6.61 Å². The third-order valence-corrected chi connectivity index (χ3v) is 5.24. The third kappa shape index (κ3) is 3.14. The number of hydrogen-bond acceptors (Lipinski definition) is 3. The maximum absolute atomic E-state index is 13.5. The summed E-state index contributed by atoms with van der Waals surface area (Å²) in [6.07, 6.45) is 0.462. The van der Waals surface area contributed by atoms with Crippen molar-refractivity contribution >= 4 is 5.69 Å². The number of para-hydroxylation sites is 1. The topological polar surface area (TPSA) is 45.0 Å². The van der Waals surface area contributed by atoms with Gasteiger partial charge in [-0.2, -0.15) is 18.4 Å². The number of fused-ring (bicyclic) bond motifs is 3. The molecule has 0 spiro atoms. The summed E-state index contributed by atoms with van der Waals surface area (Å²) in [5.41, 5.74) is 1.15. The van der Waals surface area contributed by atoms with Crippen LogP contribution in [0.25, 0.3) is 0 Å². The van der Waals surface area contributed by atoms with Crippen molar-refractivity contribution in [2.24, 2.45) is 5.92 Å². The summed E-state index contributed by atoms with van der Waals surface area (Å²) >= 11 is 0. The van der Waals surface area contributed by atoms with E-state index < -0.39 is 11.7 Å². The molecule has 0 amide bonds. The van der Waals surface area contributed by atoms with E-state index in [9.17, 15) is 13.2 Å². The lowest BCUT2D eigenvalue weighted by atomic mass is 9.76. The van der Waals surface area contributed by atoms with Gasteiger partial charge in [0.1, 0.15) is 11.8 Å². The molecule has 0 fully saturated rings. The number of alkyl halides is 3. The fraction of sp³-hybridized carbons (Fsp3) is 0.286. The second kappa shape index (κ2) is 6.66. The van der Waals surface area contributed by atoms with E-state index in [4.69, 9.17) is 10.00 Å². The Morgan fingerprint density at radius 2 is 1.93 bits per heavy atom. The number of benzene rings is 2. The minimum atomic E-state index is -4.41. The van der Waals surface area contributed by atoms with Gasteiger partial charge in [-0.15, -0.1) is 0 Å². The van der Waals surface area contributed by atoms with E-state index in [0.717, 1.165) is 18.1 Å². The Hall–Kier alpha value is -2.94. The number of ether oxygens (including phenoxy) is 1. The average Bonchev–Trinajstić information content (AvgIpc) is 3.15. The Morgan fingerprint density at radius 1 is 1.15 bits per heavy atom. The number of nitriles is 1. The molecule has 1 heterocycles. The zero-order valence-corrected chi connectivity index (χ0v) is 14.3. The van der Waals surface area contributed by atoms with Gasteiger partial charge in [-0.25, -0.2) is 0 Å². The molecule has 27 heavy (non-hydrogen) atoms. The standard InChI is InChI=1S/C21H17F3N2O/c22-21(23,24)18-6-2-5-17-15-3-1-4-16(15)19(26-20(17)18)13-7-9-14(10-8-13)27-12-11-25/h1-3,5-10,15-16,19,26H,4,12H2/t15-,16-,19-/m0/s1. The molecular weight excluding hydrogens is 353 g/mol. The highest BCUT2D eigenvalue weighted by atomic mass is 19.4. The highest BCUT2D eigenvalue weighted by molar-refractivity contribution is 5.65. The molecule has 0 aromatic heterocycles. The van der Waals surface area contributed by atoms with Crippen LogP contribution < -0.4 is 10.1 Å². The normalized spacial score (nSPS) is 23.1. The van der Waals surface area contributed by atoms with E-state index in [1.165, 1.54) is 6.07 Å². The zero-order chi connectivity index (χ0) is 19.0. The summed E-state index contributed by atoms with van der Waals surface area (Å²) in [4.78, 5) is 0. The summed E-state index contributed by atoms with van der Waals surface area (Å²) in [5, 5.41) is 11.8. The van der Waals surface area contributed by atoms with Gasteiger partial charge in [0, 0.05) is 5.92 Å². The van der Waals surface area contributed by atoms with Crippen LogP contribution in [0.15, 0.2) is 54.6 Å². The number of hydrogen-bond donors (Lipinski definition) is 1. The van der Waals surface area contributed by atoms with Gasteiger partial charge >= 0.3 is 6.18 Å². The lowest BCUT2D eigenvalue weighted by molar-refractivity contribution is -0.137. The van der Waals surface area contributed by atoms with E-state index in [1.54, 1.807) is 18.2 Å². The van der Waals surface area contributed by atoms with Crippen LogP contribution in [0.1, 0.15) is 35.1 Å². The van der Waals surface area contributed by atoms with Crippen molar-refractivity contribution in [2.45, 2.75) is 24.6 Å². The van der Waals surface area contributed by atoms with Gasteiger partial charge in [0.25, 0.3) is 0 Å². The SMILES string of the molecule is N#CCOc1ccc([C@@H]2Nc3c(cccc3C(F)(F)F)[C@H]3C=CC[C@@H]32)cc1. The van der Waals surface area contributed by atoms with Gasteiger partial charge in [0.05, 0.1) is 17.3 Å². The Labute approximate surface area is 155 Å². The van der Waals surface area contributed by atoms with Crippen molar-refractivity contribution in [3.05, 3.63) is 71.3 Å². The van der Waals surface area contributed by atoms with Crippen molar-refractivity contribution in [1.82, 2.24) is 0 Å². The monoisotopic (exact) mass is 370 g/mol. The quantitative estimate of drug-likeness (QED) is 0.733. The molecule has 1 aliphatic heterocycles. The third-order valence-electron chi connectivity index (χ3n) is 5.24. The zero-order valence-electron chi connectivity index (χ0n) is 14.3. The van der Waals surface area contributed by atoms with E-state index in [-0.39, 0.29) is 30.2 Å². The van der Waals surface area contributed by atoms with Crippen LogP contribution in [0.5, 0.6) is 5.75 Å². The van der Waals surface area contributed by atoms with Crippen molar-refractivity contribution < 1.29 is 17.9 Å². The second-order valence-corrected chi connectivity index (χ2v) is 6.76. The Kier molecular flexibility index (Phi) is 4.31. The second-order valence-electron chi connectivity index (χ2n) is 6.76. The first kappa shape index (κ1) is 17.5. The van der Waals surface area contributed by atoms with E-state index in [2.05, 4.69) is 5.32 Å². The lowest BCUT2D eigenvalue weighted by Crippen LogP contribution is -2.30. The van der Waals surface area contributed by atoms with Gasteiger partial charge in [-0.05, 0) is 41.7 Å². The summed E-state index contributed by atoms with van der Waals surface area (Å²) in [7, 11) is 0. The minimum Gasteiger partial charge on any atom is -0.479 e. The predicted molar refractivity (Wildman–Crippen MR) is 95.3 cm³/mol. The molecular formula is C21H17F3N2O. The van der Waals surface area contributed by atoms with Crippen molar-refractivity contribution in [3.63, 3.8) is 0 Å². The van der Waals surface area contributed by atoms with Crippen molar-refractivity contribution in [1.29, 1.82) is 5.26 Å². The maximum atomic E-state index is 13.5. The Morgan fingerprint density at radius 3 is 2.63 bits per heavy atom. The van der Waals surface area contributed by atoms with E-state index >= 15 is 0 Å². The highest BCUT2D eigenvalue weighted by Crippen LogP contribution is 2.52. The summed E-state index contributed by atoms with van der Waals surface area (Å²) in [6.45, 7) is -0.0437. The summed E-state index contributed by atoms with van der Waals surface area (Å²) < 4.78 is 45.8. The van der Waals surface area contributed by atoms with Crippen LogP contribution >= 0.6 is 0 Å². The molecule has 4 rings (SSSR count). The number of allylic oxidation sites excluding steroid dienone is 2. The van der Waals surface area contributed by atoms with Crippen LogP contribution in [0.3, 0.4) is 0 Å². The fourth-order valence-electron chi connectivity index (χ4n) is 4.07. The maximum Gasteiger partial charge on any atom is 0.418 e. The Bertz CT molecular complexity index is 913. The van der Waals surface area contributed by atoms with Gasteiger partial charge in [0.2, 0.25) is 0 Å². The Balaban J connectivity index is 1.72. The molecule has 2 aliphatic rings. The van der Waals surface area contributed by atoms with Gasteiger partial charge in [0.15, 0.2) is 6.61 Å². The van der Waals surface area contributed by atoms with E-state index in [0.29, 0.717) is 11.3 Å². The first-order valence-corrected chi connectivity index (χ1v) is 8.72. The van der Waals surface area contributed by atoms with Crippen molar-refractivity contribution in [2.75, 3.05) is 11.9 Å². The summed E-state index contributed by atoms with van der Waals surface area (Å²) in [6, 6.07) is 13.2. The van der Waals surface area contributed by atoms with Crippen LogP contribution in [-0.2, 0) is 6.18 Å². The first-order chi connectivity index (χ1) is 13.0. The number of rotatable bonds is 3. The molecule has 3 nitrogen and oxygen atoms in total. The smallest absolute Gasteiger partial charge is 0.418 e. The minimum absolute atomic E-state index is 0.0388. The molecule has 0 saturated carbocycles. The van der Waals surface area contributed by atoms with Crippen molar-refractivity contribution in [3.8, 4) is 11.8 Å². The predicted octanol–water partition coefficient (Wildman–Crippen LogP) is 5.43. The number of anilines is 1. The van der Waals surface area contributed by atoms with Gasteiger partial charge in [-0.1, -0.05) is 36.4 Å². The van der Waals surface area contributed by atoms with Crippen LogP contribution in [0.4, 0.5) is 18.9 Å². The van der Waals surface area contributed by atoms with Crippen LogP contribution in [0, 0.1) is 17.2 Å². The molecule has 0 saturated heterocycles. The van der Waals surface area contributed by atoms with Crippen LogP contribution in [0.2, 0.25) is 0 Å². The molecule has 0 radical (unpaired) electrons. The fourth-order valence-corrected chi connectivity index (χ4v) is 4.07. The first-order valence-electron chi connectivity index (χ1n) is 8.72. The van der Waals surface area contributed by atoms with Gasteiger partial charge < -0.3 is 10.1 Å². The molecule has 0 bridgehead atoms. The van der Waals surface area contributed by atoms with E-state index in [1.807, 2.05) is 30.4 Å². The average molecular weight is 370 g/mol. The van der Waals surface area contributed by atoms with Gasteiger partial charge in [-0.3, -0.25) is 0 Å². The largest absolute Gasteiger partial charge is 0.479 e. The molecule has 3 atom stereocenters. The number of nitrogens with one attached hydrogen (secondary N) is 1.